The van der Waals surface area contributed by atoms with E-state index in [-0.39, 0.29) is 5.91 Å². The van der Waals surface area contributed by atoms with Gasteiger partial charge in [0.2, 0.25) is 5.91 Å². The van der Waals surface area contributed by atoms with E-state index >= 15 is 0 Å². The van der Waals surface area contributed by atoms with E-state index in [1.165, 1.54) is 0 Å². The Labute approximate surface area is 89.9 Å². The first kappa shape index (κ1) is 11.7. The molecule has 0 radical (unpaired) electrons. The number of nitrogens with zero attached hydrogens (tertiary/aromatic N) is 2. The first-order valence-electron chi connectivity index (χ1n) is 5.20. The van der Waals surface area contributed by atoms with E-state index < -0.39 is 0 Å². The number of hydrogen-bond donors (Lipinski definition) is 2. The topological polar surface area (TPSA) is 58.9 Å². The molecule has 2 N–H and O–H groups in total. The molecule has 0 unspecified atom stereocenters. The second-order valence-electron chi connectivity index (χ2n) is 3.36. The van der Waals surface area contributed by atoms with E-state index in [0.717, 1.165) is 19.5 Å². The van der Waals surface area contributed by atoms with Gasteiger partial charge in [-0.1, -0.05) is 0 Å². The van der Waals surface area contributed by atoms with Crippen LogP contribution in [0, 0.1) is 0 Å². The zero-order chi connectivity index (χ0) is 10.9. The predicted molar refractivity (Wildman–Crippen MR) is 58.4 cm³/mol. The molecule has 0 atom stereocenters. The van der Waals surface area contributed by atoms with Gasteiger partial charge >= 0.3 is 0 Å². The Morgan fingerprint density at radius 3 is 3.00 bits per heavy atom. The van der Waals surface area contributed by atoms with E-state index in [1.807, 2.05) is 17.8 Å². The summed E-state index contributed by atoms with van der Waals surface area (Å²) in [5.74, 6) is 0.0970. The molecule has 5 heteroatoms. The number of rotatable bonds is 7. The molecule has 0 aliphatic carbocycles. The molecule has 0 saturated carbocycles. The lowest BCUT2D eigenvalue weighted by Gasteiger charge is -2.05. The molecule has 0 spiro atoms. The minimum atomic E-state index is 0.0970. The van der Waals surface area contributed by atoms with Gasteiger partial charge in [-0.3, -0.25) is 4.79 Å². The van der Waals surface area contributed by atoms with Crippen LogP contribution in [0.25, 0.3) is 0 Å². The van der Waals surface area contributed by atoms with Crippen molar-refractivity contribution in [2.45, 2.75) is 19.4 Å². The van der Waals surface area contributed by atoms with Gasteiger partial charge in [-0.25, -0.2) is 4.98 Å². The third-order valence-corrected chi connectivity index (χ3v) is 2.08. The predicted octanol–water partition coefficient (Wildman–Crippen LogP) is -0.00110. The lowest BCUT2D eigenvalue weighted by atomic mass is 10.3. The van der Waals surface area contributed by atoms with Crippen LogP contribution in [-0.2, 0) is 11.3 Å². The molecule has 1 rings (SSSR count). The summed E-state index contributed by atoms with van der Waals surface area (Å²) in [7, 11) is 1.90. The molecule has 0 aromatic carbocycles. The molecule has 84 valence electrons. The van der Waals surface area contributed by atoms with Gasteiger partial charge in [0, 0.05) is 31.9 Å². The van der Waals surface area contributed by atoms with Crippen LogP contribution < -0.4 is 10.6 Å². The number of amides is 1. The Morgan fingerprint density at radius 2 is 2.33 bits per heavy atom. The summed E-state index contributed by atoms with van der Waals surface area (Å²) in [6.07, 6.45) is 6.76. The van der Waals surface area contributed by atoms with Gasteiger partial charge < -0.3 is 15.2 Å². The number of imidazole rings is 1. The molecule has 1 aromatic heterocycles. The molecule has 0 fully saturated rings. The third kappa shape index (κ3) is 5.17. The molecule has 0 saturated heterocycles. The Balaban J connectivity index is 2.04. The number of aromatic nitrogens is 2. The maximum absolute atomic E-state index is 11.3. The van der Waals surface area contributed by atoms with Crippen LogP contribution in [0.5, 0.6) is 0 Å². The third-order valence-electron chi connectivity index (χ3n) is 2.08. The smallest absolute Gasteiger partial charge is 0.221 e. The summed E-state index contributed by atoms with van der Waals surface area (Å²) >= 11 is 0. The molecule has 5 nitrogen and oxygen atoms in total. The van der Waals surface area contributed by atoms with Crippen LogP contribution in [0.1, 0.15) is 12.8 Å². The lowest BCUT2D eigenvalue weighted by molar-refractivity contribution is -0.121. The van der Waals surface area contributed by atoms with Crippen molar-refractivity contribution in [3.63, 3.8) is 0 Å². The highest BCUT2D eigenvalue weighted by molar-refractivity contribution is 5.75. The van der Waals surface area contributed by atoms with Crippen molar-refractivity contribution in [2.24, 2.45) is 0 Å². The van der Waals surface area contributed by atoms with Crippen LogP contribution in [0.15, 0.2) is 18.7 Å². The van der Waals surface area contributed by atoms with Crippen molar-refractivity contribution in [1.82, 2.24) is 20.2 Å². The average molecular weight is 210 g/mol. The zero-order valence-corrected chi connectivity index (χ0v) is 9.07. The summed E-state index contributed by atoms with van der Waals surface area (Å²) in [5, 5.41) is 5.90. The van der Waals surface area contributed by atoms with Gasteiger partial charge in [-0.2, -0.15) is 0 Å². The van der Waals surface area contributed by atoms with Gasteiger partial charge in [-0.15, -0.1) is 0 Å². The Bertz CT molecular complexity index is 271. The summed E-state index contributed by atoms with van der Waals surface area (Å²) in [5.41, 5.74) is 0. The van der Waals surface area contributed by atoms with Gasteiger partial charge in [0.1, 0.15) is 0 Å². The molecule has 1 amide bonds. The summed E-state index contributed by atoms with van der Waals surface area (Å²) in [6, 6.07) is 0. The maximum Gasteiger partial charge on any atom is 0.221 e. The van der Waals surface area contributed by atoms with Crippen LogP contribution in [0.4, 0.5) is 0 Å². The van der Waals surface area contributed by atoms with Crippen LogP contribution in [0.2, 0.25) is 0 Å². The van der Waals surface area contributed by atoms with E-state index in [2.05, 4.69) is 15.6 Å². The summed E-state index contributed by atoms with van der Waals surface area (Å²) < 4.78 is 1.90. The largest absolute Gasteiger partial charge is 0.356 e. The fourth-order valence-electron chi connectivity index (χ4n) is 1.23. The second kappa shape index (κ2) is 7.00. The second-order valence-corrected chi connectivity index (χ2v) is 3.36. The minimum Gasteiger partial charge on any atom is -0.356 e. The first-order chi connectivity index (χ1) is 7.33. The fourth-order valence-corrected chi connectivity index (χ4v) is 1.23. The monoisotopic (exact) mass is 210 g/mol. The quantitative estimate of drug-likeness (QED) is 0.623. The molecule has 0 bridgehead atoms. The van der Waals surface area contributed by atoms with Crippen molar-refractivity contribution in [3.8, 4) is 0 Å². The Kier molecular flexibility index (Phi) is 5.47. The van der Waals surface area contributed by atoms with Crippen molar-refractivity contribution in [2.75, 3.05) is 20.1 Å². The van der Waals surface area contributed by atoms with Crippen LogP contribution >= 0.6 is 0 Å². The van der Waals surface area contributed by atoms with E-state index in [4.69, 9.17) is 0 Å². The van der Waals surface area contributed by atoms with Crippen LogP contribution in [0.3, 0.4) is 0 Å². The van der Waals surface area contributed by atoms with Gasteiger partial charge in [0.25, 0.3) is 0 Å². The van der Waals surface area contributed by atoms with Gasteiger partial charge in [-0.05, 0) is 20.0 Å². The van der Waals surface area contributed by atoms with E-state index in [9.17, 15) is 4.79 Å². The standard InChI is InChI=1S/C10H18N4O/c1-11-4-2-5-13-10(15)3-7-14-8-6-12-9-14/h6,8-9,11H,2-5,7H2,1H3,(H,13,15). The number of aryl methyl sites for hydroxylation is 1. The molecule has 15 heavy (non-hydrogen) atoms. The van der Waals surface area contributed by atoms with Crippen molar-refractivity contribution in [3.05, 3.63) is 18.7 Å². The highest BCUT2D eigenvalue weighted by Gasteiger charge is 2.00. The Hall–Kier alpha value is -1.36. The zero-order valence-electron chi connectivity index (χ0n) is 9.07. The normalized spacial score (nSPS) is 10.2. The fraction of sp³-hybridized carbons (Fsp3) is 0.600. The highest BCUT2D eigenvalue weighted by atomic mass is 16.1. The summed E-state index contributed by atoms with van der Waals surface area (Å²) in [6.45, 7) is 2.36. The van der Waals surface area contributed by atoms with Gasteiger partial charge in [0.05, 0.1) is 6.33 Å². The molecule has 0 aliphatic heterocycles. The summed E-state index contributed by atoms with van der Waals surface area (Å²) in [4.78, 5) is 15.2. The molecule has 1 aromatic rings. The lowest BCUT2D eigenvalue weighted by Crippen LogP contribution is -2.27. The number of nitrogens with one attached hydrogen (secondary N) is 2. The molecule has 1 heterocycles. The average Bonchev–Trinajstić information content (AvgIpc) is 2.74. The SMILES string of the molecule is CNCCCNC(=O)CCn1ccnc1. The molecule has 0 aliphatic rings. The van der Waals surface area contributed by atoms with E-state index in [0.29, 0.717) is 13.0 Å². The van der Waals surface area contributed by atoms with Gasteiger partial charge in [0.15, 0.2) is 0 Å². The minimum absolute atomic E-state index is 0.0970. The van der Waals surface area contributed by atoms with Crippen molar-refractivity contribution >= 4 is 5.91 Å². The first-order valence-corrected chi connectivity index (χ1v) is 5.20. The van der Waals surface area contributed by atoms with Crippen LogP contribution in [-0.4, -0.2) is 35.6 Å². The maximum atomic E-state index is 11.3. The highest BCUT2D eigenvalue weighted by Crippen LogP contribution is 1.90. The number of carbonyl (C=O) groups is 1. The molecular formula is C10H18N4O. The van der Waals surface area contributed by atoms with E-state index in [1.54, 1.807) is 12.5 Å². The van der Waals surface area contributed by atoms with Crippen molar-refractivity contribution < 1.29 is 4.79 Å². The van der Waals surface area contributed by atoms with Crippen molar-refractivity contribution in [1.29, 1.82) is 0 Å². The molecular weight excluding hydrogens is 192 g/mol. The number of carbonyl (C=O) groups excluding carboxylic acids is 1. The number of hydrogen-bond acceptors (Lipinski definition) is 3. The Morgan fingerprint density at radius 1 is 1.47 bits per heavy atom.